The number of halogens is 2. The molecule has 2 rings (SSSR count). The molecule has 1 unspecified atom stereocenters. The Morgan fingerprint density at radius 2 is 1.79 bits per heavy atom. The summed E-state index contributed by atoms with van der Waals surface area (Å²) in [6, 6.07) is 6.36. The lowest BCUT2D eigenvalue weighted by Crippen LogP contribution is -2.39. The van der Waals surface area contributed by atoms with Gasteiger partial charge in [0.25, 0.3) is 0 Å². The summed E-state index contributed by atoms with van der Waals surface area (Å²) in [4.78, 5) is 0.759. The highest BCUT2D eigenvalue weighted by atomic mass is 79.9. The highest BCUT2D eigenvalue weighted by Crippen LogP contribution is 2.28. The standard InChI is InChI=1S/C13H17BrClNO2S/c1-10(14)11-6-8-16(9-7-11)19(17,18)13-4-2-12(15)3-5-13/h2-5,10-11H,6-9H2,1H3. The van der Waals surface area contributed by atoms with Crippen LogP contribution in [0.2, 0.25) is 5.02 Å². The van der Waals surface area contributed by atoms with Crippen LogP contribution in [0.15, 0.2) is 29.2 Å². The van der Waals surface area contributed by atoms with Gasteiger partial charge in [0.05, 0.1) is 4.90 Å². The van der Waals surface area contributed by atoms with E-state index >= 15 is 0 Å². The van der Waals surface area contributed by atoms with Crippen molar-refractivity contribution < 1.29 is 8.42 Å². The van der Waals surface area contributed by atoms with Gasteiger partial charge in [0.1, 0.15) is 0 Å². The zero-order valence-corrected chi connectivity index (χ0v) is 13.9. The summed E-state index contributed by atoms with van der Waals surface area (Å²) in [5.74, 6) is 0.552. The van der Waals surface area contributed by atoms with Crippen LogP contribution in [0.3, 0.4) is 0 Å². The molecule has 1 aliphatic rings. The van der Waals surface area contributed by atoms with Crippen LogP contribution >= 0.6 is 27.5 Å². The molecule has 0 aromatic heterocycles. The van der Waals surface area contributed by atoms with Crippen LogP contribution in [0.1, 0.15) is 19.8 Å². The molecular formula is C13H17BrClNO2S. The molecule has 1 aliphatic heterocycles. The Morgan fingerprint density at radius 3 is 2.26 bits per heavy atom. The smallest absolute Gasteiger partial charge is 0.207 e. The Morgan fingerprint density at radius 1 is 1.26 bits per heavy atom. The van der Waals surface area contributed by atoms with E-state index in [-0.39, 0.29) is 0 Å². The first kappa shape index (κ1) is 15.3. The molecule has 0 aliphatic carbocycles. The van der Waals surface area contributed by atoms with Crippen LogP contribution in [0.25, 0.3) is 0 Å². The van der Waals surface area contributed by atoms with Gasteiger partial charge in [-0.3, -0.25) is 0 Å². The van der Waals surface area contributed by atoms with Crippen molar-refractivity contribution in [1.82, 2.24) is 4.31 Å². The fraction of sp³-hybridized carbons (Fsp3) is 0.538. The topological polar surface area (TPSA) is 37.4 Å². The van der Waals surface area contributed by atoms with Crippen molar-refractivity contribution in [1.29, 1.82) is 0 Å². The maximum Gasteiger partial charge on any atom is 0.243 e. The molecule has 0 N–H and O–H groups in total. The van der Waals surface area contributed by atoms with E-state index in [1.165, 1.54) is 0 Å². The maximum absolute atomic E-state index is 12.4. The van der Waals surface area contributed by atoms with Crippen LogP contribution in [-0.2, 0) is 10.0 Å². The first-order valence-corrected chi connectivity index (χ1v) is 9.04. The summed E-state index contributed by atoms with van der Waals surface area (Å²) in [5, 5.41) is 0.547. The van der Waals surface area contributed by atoms with Gasteiger partial charge in [-0.25, -0.2) is 8.42 Å². The van der Waals surface area contributed by atoms with E-state index in [1.807, 2.05) is 0 Å². The van der Waals surface area contributed by atoms with E-state index in [0.717, 1.165) is 12.8 Å². The van der Waals surface area contributed by atoms with E-state index < -0.39 is 10.0 Å². The molecule has 0 radical (unpaired) electrons. The molecule has 19 heavy (non-hydrogen) atoms. The Hall–Kier alpha value is -0.100. The van der Waals surface area contributed by atoms with Crippen molar-refractivity contribution in [3.05, 3.63) is 29.3 Å². The van der Waals surface area contributed by atoms with E-state index in [0.29, 0.717) is 33.8 Å². The fourth-order valence-electron chi connectivity index (χ4n) is 2.33. The molecule has 1 heterocycles. The van der Waals surface area contributed by atoms with Crippen LogP contribution in [0.5, 0.6) is 0 Å². The van der Waals surface area contributed by atoms with Crippen LogP contribution in [0, 0.1) is 5.92 Å². The van der Waals surface area contributed by atoms with Gasteiger partial charge in [-0.2, -0.15) is 4.31 Å². The lowest BCUT2D eigenvalue weighted by Gasteiger charge is -2.32. The molecule has 0 amide bonds. The monoisotopic (exact) mass is 365 g/mol. The van der Waals surface area contributed by atoms with Crippen molar-refractivity contribution in [2.45, 2.75) is 29.5 Å². The van der Waals surface area contributed by atoms with Gasteiger partial charge in [-0.1, -0.05) is 34.5 Å². The molecule has 106 valence electrons. The number of nitrogens with zero attached hydrogens (tertiary/aromatic N) is 1. The summed E-state index contributed by atoms with van der Waals surface area (Å²) >= 11 is 9.36. The van der Waals surface area contributed by atoms with Gasteiger partial charge in [0.15, 0.2) is 0 Å². The average molecular weight is 367 g/mol. The number of sulfonamides is 1. The van der Waals surface area contributed by atoms with Gasteiger partial charge in [0.2, 0.25) is 10.0 Å². The Kier molecular flexibility index (Phi) is 4.93. The summed E-state index contributed by atoms with van der Waals surface area (Å²) in [6.07, 6.45) is 1.80. The number of rotatable bonds is 3. The Bertz CT molecular complexity index is 522. The third-order valence-corrected chi connectivity index (χ3v) is 6.51. The number of benzene rings is 1. The van der Waals surface area contributed by atoms with E-state index in [2.05, 4.69) is 22.9 Å². The highest BCUT2D eigenvalue weighted by molar-refractivity contribution is 9.09. The minimum atomic E-state index is -3.37. The number of hydrogen-bond donors (Lipinski definition) is 0. The second kappa shape index (κ2) is 6.12. The van der Waals surface area contributed by atoms with Crippen molar-refractivity contribution in [2.24, 2.45) is 5.92 Å². The molecule has 0 spiro atoms. The van der Waals surface area contributed by atoms with Crippen molar-refractivity contribution in [2.75, 3.05) is 13.1 Å². The minimum Gasteiger partial charge on any atom is -0.207 e. The number of piperidine rings is 1. The zero-order valence-electron chi connectivity index (χ0n) is 10.7. The molecule has 1 fully saturated rings. The summed E-state index contributed by atoms with van der Waals surface area (Å²) in [7, 11) is -3.37. The van der Waals surface area contributed by atoms with E-state index in [9.17, 15) is 8.42 Å². The highest BCUT2D eigenvalue weighted by Gasteiger charge is 2.30. The summed E-state index contributed by atoms with van der Waals surface area (Å²) in [5.41, 5.74) is 0. The van der Waals surface area contributed by atoms with E-state index in [1.54, 1.807) is 28.6 Å². The van der Waals surface area contributed by atoms with Crippen LogP contribution < -0.4 is 0 Å². The fourth-order valence-corrected chi connectivity index (χ4v) is 4.46. The lowest BCUT2D eigenvalue weighted by molar-refractivity contribution is 0.275. The van der Waals surface area contributed by atoms with Gasteiger partial charge in [-0.15, -0.1) is 0 Å². The normalized spacial score (nSPS) is 20.4. The van der Waals surface area contributed by atoms with Crippen molar-refractivity contribution >= 4 is 37.6 Å². The number of hydrogen-bond acceptors (Lipinski definition) is 2. The summed E-state index contributed by atoms with van der Waals surface area (Å²) in [6.45, 7) is 3.30. The molecule has 3 nitrogen and oxygen atoms in total. The largest absolute Gasteiger partial charge is 0.243 e. The molecule has 0 bridgehead atoms. The second-order valence-electron chi connectivity index (χ2n) is 4.87. The van der Waals surface area contributed by atoms with Gasteiger partial charge in [0, 0.05) is 22.9 Å². The molecule has 1 atom stereocenters. The lowest BCUT2D eigenvalue weighted by atomic mass is 9.96. The van der Waals surface area contributed by atoms with Crippen molar-refractivity contribution in [3.8, 4) is 0 Å². The van der Waals surface area contributed by atoms with Gasteiger partial charge >= 0.3 is 0 Å². The van der Waals surface area contributed by atoms with Crippen LogP contribution in [0.4, 0.5) is 0 Å². The van der Waals surface area contributed by atoms with Gasteiger partial charge in [-0.05, 0) is 43.0 Å². The first-order chi connectivity index (χ1) is 8.91. The minimum absolute atomic E-state index is 0.322. The second-order valence-corrected chi connectivity index (χ2v) is 8.69. The number of alkyl halides is 1. The Labute approximate surface area is 128 Å². The van der Waals surface area contributed by atoms with E-state index in [4.69, 9.17) is 11.6 Å². The van der Waals surface area contributed by atoms with Crippen molar-refractivity contribution in [3.63, 3.8) is 0 Å². The van der Waals surface area contributed by atoms with Crippen LogP contribution in [-0.4, -0.2) is 30.6 Å². The maximum atomic E-state index is 12.4. The third kappa shape index (κ3) is 3.51. The predicted molar refractivity (Wildman–Crippen MR) is 81.3 cm³/mol. The average Bonchev–Trinajstić information content (AvgIpc) is 2.39. The molecule has 0 saturated carbocycles. The zero-order chi connectivity index (χ0) is 14.0. The van der Waals surface area contributed by atoms with Gasteiger partial charge < -0.3 is 0 Å². The molecule has 1 aromatic carbocycles. The molecule has 1 saturated heterocycles. The molecule has 1 aromatic rings. The molecular weight excluding hydrogens is 350 g/mol. The predicted octanol–water partition coefficient (Wildman–Crippen LogP) is 3.52. The third-order valence-electron chi connectivity index (χ3n) is 3.60. The summed E-state index contributed by atoms with van der Waals surface area (Å²) < 4.78 is 26.5. The SMILES string of the molecule is CC(Br)C1CCN(S(=O)(=O)c2ccc(Cl)cc2)CC1. The Balaban J connectivity index is 2.12. The first-order valence-electron chi connectivity index (χ1n) is 6.31. The quantitative estimate of drug-likeness (QED) is 0.768. The molecule has 6 heteroatoms.